The Morgan fingerprint density at radius 2 is 2.41 bits per heavy atom. The average molecular weight is 255 g/mol. The van der Waals surface area contributed by atoms with Gasteiger partial charge in [-0.05, 0) is 6.42 Å². The monoisotopic (exact) mass is 255 g/mol. The Balaban J connectivity index is 2.38. The van der Waals surface area contributed by atoms with Gasteiger partial charge in [0.25, 0.3) is 0 Å². The number of carbonyl (C=O) groups excluding carboxylic acids is 1. The molecular formula is C10H17N5OS. The van der Waals surface area contributed by atoms with E-state index in [2.05, 4.69) is 15.5 Å². The summed E-state index contributed by atoms with van der Waals surface area (Å²) >= 11 is 4.83. The highest BCUT2D eigenvalue weighted by molar-refractivity contribution is 7.80. The van der Waals surface area contributed by atoms with Crippen molar-refractivity contribution < 1.29 is 4.79 Å². The first-order chi connectivity index (χ1) is 8.06. The molecule has 1 atom stereocenters. The third kappa shape index (κ3) is 3.77. The van der Waals surface area contributed by atoms with Crippen LogP contribution in [0.4, 0.5) is 0 Å². The average Bonchev–Trinajstić information content (AvgIpc) is 2.65. The maximum absolute atomic E-state index is 11.7. The summed E-state index contributed by atoms with van der Waals surface area (Å²) in [5.74, 6) is 0.320. The normalized spacial score (nSPS) is 12.1. The number of aryl methyl sites for hydroxylation is 1. The molecule has 0 spiro atoms. The predicted molar refractivity (Wildman–Crippen MR) is 68.3 cm³/mol. The SMILES string of the molecule is CCC(C(=O)NCCc1nncn1C)C(N)=S. The molecule has 0 aliphatic heterocycles. The highest BCUT2D eigenvalue weighted by atomic mass is 32.1. The van der Waals surface area contributed by atoms with Gasteiger partial charge in [-0.25, -0.2) is 0 Å². The number of hydrogen-bond donors (Lipinski definition) is 2. The zero-order valence-corrected chi connectivity index (χ0v) is 10.8. The molecule has 1 unspecified atom stereocenters. The molecule has 0 bridgehead atoms. The standard InChI is InChI=1S/C10H17N5OS/c1-3-7(9(11)17)10(16)12-5-4-8-14-13-6-15(8)2/h6-7H,3-5H2,1-2H3,(H2,11,17)(H,12,16). The van der Waals surface area contributed by atoms with Crippen molar-refractivity contribution >= 4 is 23.1 Å². The number of hydrogen-bond acceptors (Lipinski definition) is 4. The molecule has 0 aliphatic carbocycles. The van der Waals surface area contributed by atoms with E-state index in [4.69, 9.17) is 18.0 Å². The fourth-order valence-corrected chi connectivity index (χ4v) is 1.74. The lowest BCUT2D eigenvalue weighted by molar-refractivity contribution is -0.123. The molecule has 0 fully saturated rings. The molecule has 1 amide bonds. The third-order valence-corrected chi connectivity index (χ3v) is 2.81. The van der Waals surface area contributed by atoms with Crippen LogP contribution in [0.1, 0.15) is 19.2 Å². The highest BCUT2D eigenvalue weighted by Gasteiger charge is 2.18. The van der Waals surface area contributed by atoms with Gasteiger partial charge < -0.3 is 15.6 Å². The summed E-state index contributed by atoms with van der Waals surface area (Å²) in [6, 6.07) is 0. The quantitative estimate of drug-likeness (QED) is 0.687. The van der Waals surface area contributed by atoms with E-state index in [1.54, 1.807) is 6.33 Å². The molecule has 3 N–H and O–H groups in total. The lowest BCUT2D eigenvalue weighted by Gasteiger charge is -2.12. The molecule has 1 aromatic heterocycles. The van der Waals surface area contributed by atoms with Crippen molar-refractivity contribution in [3.8, 4) is 0 Å². The molecule has 0 aromatic carbocycles. The number of nitrogens with one attached hydrogen (secondary N) is 1. The van der Waals surface area contributed by atoms with E-state index in [0.717, 1.165) is 5.82 Å². The van der Waals surface area contributed by atoms with Gasteiger partial charge in [0.15, 0.2) is 0 Å². The summed E-state index contributed by atoms with van der Waals surface area (Å²) in [4.78, 5) is 11.9. The van der Waals surface area contributed by atoms with E-state index >= 15 is 0 Å². The van der Waals surface area contributed by atoms with Gasteiger partial charge in [-0.3, -0.25) is 4.79 Å². The Morgan fingerprint density at radius 3 is 2.88 bits per heavy atom. The largest absolute Gasteiger partial charge is 0.393 e. The van der Waals surface area contributed by atoms with Crippen LogP contribution in [0.5, 0.6) is 0 Å². The number of thiocarbonyl (C=S) groups is 1. The highest BCUT2D eigenvalue weighted by Crippen LogP contribution is 2.02. The number of nitrogens with zero attached hydrogens (tertiary/aromatic N) is 3. The molecule has 0 saturated heterocycles. The predicted octanol–water partition coefficient (Wildman–Crippen LogP) is -0.214. The summed E-state index contributed by atoms with van der Waals surface area (Å²) in [6.45, 7) is 2.39. The van der Waals surface area contributed by atoms with Crippen molar-refractivity contribution in [1.82, 2.24) is 20.1 Å². The van der Waals surface area contributed by atoms with Crippen LogP contribution in [-0.4, -0.2) is 32.2 Å². The summed E-state index contributed by atoms with van der Waals surface area (Å²) in [5.41, 5.74) is 5.48. The number of carbonyl (C=O) groups is 1. The van der Waals surface area contributed by atoms with Gasteiger partial charge in [0.2, 0.25) is 5.91 Å². The van der Waals surface area contributed by atoms with Gasteiger partial charge in [0, 0.05) is 20.0 Å². The summed E-state index contributed by atoms with van der Waals surface area (Å²) in [7, 11) is 1.86. The molecule has 7 heteroatoms. The molecule has 6 nitrogen and oxygen atoms in total. The minimum Gasteiger partial charge on any atom is -0.393 e. The second-order valence-corrected chi connectivity index (χ2v) is 4.23. The molecule has 17 heavy (non-hydrogen) atoms. The van der Waals surface area contributed by atoms with Crippen LogP contribution >= 0.6 is 12.2 Å². The lowest BCUT2D eigenvalue weighted by atomic mass is 10.1. The number of rotatable bonds is 6. The molecule has 1 aromatic rings. The van der Waals surface area contributed by atoms with Crippen LogP contribution in [0.25, 0.3) is 0 Å². The van der Waals surface area contributed by atoms with Gasteiger partial charge in [0.1, 0.15) is 12.2 Å². The van der Waals surface area contributed by atoms with E-state index in [1.165, 1.54) is 0 Å². The number of amides is 1. The first-order valence-corrected chi connectivity index (χ1v) is 5.87. The lowest BCUT2D eigenvalue weighted by Crippen LogP contribution is -2.38. The minimum atomic E-state index is -0.385. The van der Waals surface area contributed by atoms with Crippen LogP contribution in [0.3, 0.4) is 0 Å². The van der Waals surface area contributed by atoms with E-state index < -0.39 is 0 Å². The third-order valence-electron chi connectivity index (χ3n) is 2.52. The fraction of sp³-hybridized carbons (Fsp3) is 0.600. The van der Waals surface area contributed by atoms with Crippen molar-refractivity contribution in [2.24, 2.45) is 18.7 Å². The Hall–Kier alpha value is -1.50. The van der Waals surface area contributed by atoms with Gasteiger partial charge in [-0.15, -0.1) is 10.2 Å². The van der Waals surface area contributed by atoms with Gasteiger partial charge in [-0.2, -0.15) is 0 Å². The smallest absolute Gasteiger partial charge is 0.229 e. The van der Waals surface area contributed by atoms with E-state index in [0.29, 0.717) is 19.4 Å². The van der Waals surface area contributed by atoms with Crippen molar-refractivity contribution in [3.63, 3.8) is 0 Å². The van der Waals surface area contributed by atoms with Gasteiger partial charge in [0.05, 0.1) is 10.9 Å². The van der Waals surface area contributed by atoms with E-state index in [-0.39, 0.29) is 16.8 Å². The van der Waals surface area contributed by atoms with Crippen LogP contribution in [0.15, 0.2) is 6.33 Å². The van der Waals surface area contributed by atoms with Crippen molar-refractivity contribution in [3.05, 3.63) is 12.2 Å². The maximum atomic E-state index is 11.7. The molecule has 1 heterocycles. The number of aromatic nitrogens is 3. The van der Waals surface area contributed by atoms with Gasteiger partial charge in [-0.1, -0.05) is 19.1 Å². The topological polar surface area (TPSA) is 85.8 Å². The molecule has 0 aliphatic rings. The Morgan fingerprint density at radius 1 is 1.71 bits per heavy atom. The van der Waals surface area contributed by atoms with E-state index in [1.807, 2.05) is 18.5 Å². The zero-order chi connectivity index (χ0) is 12.8. The Labute approximate surface area is 106 Å². The van der Waals surface area contributed by atoms with Crippen LogP contribution in [0, 0.1) is 5.92 Å². The first kappa shape index (κ1) is 13.6. The first-order valence-electron chi connectivity index (χ1n) is 5.46. The second kappa shape index (κ2) is 6.29. The van der Waals surface area contributed by atoms with Crippen molar-refractivity contribution in [1.29, 1.82) is 0 Å². The summed E-state index contributed by atoms with van der Waals surface area (Å²) in [6.07, 6.45) is 2.88. The summed E-state index contributed by atoms with van der Waals surface area (Å²) in [5, 5.41) is 10.5. The Kier molecular flexibility index (Phi) is 5.02. The molecular weight excluding hydrogens is 238 g/mol. The van der Waals surface area contributed by atoms with Crippen LogP contribution in [-0.2, 0) is 18.3 Å². The number of nitrogens with two attached hydrogens (primary N) is 1. The van der Waals surface area contributed by atoms with Crippen molar-refractivity contribution in [2.45, 2.75) is 19.8 Å². The minimum absolute atomic E-state index is 0.123. The zero-order valence-electron chi connectivity index (χ0n) is 10.0. The van der Waals surface area contributed by atoms with Gasteiger partial charge >= 0.3 is 0 Å². The fourth-order valence-electron chi connectivity index (χ4n) is 1.47. The van der Waals surface area contributed by atoms with Crippen molar-refractivity contribution in [2.75, 3.05) is 6.54 Å². The summed E-state index contributed by atoms with van der Waals surface area (Å²) < 4.78 is 1.82. The van der Waals surface area contributed by atoms with Crippen LogP contribution < -0.4 is 11.1 Å². The maximum Gasteiger partial charge on any atom is 0.229 e. The molecule has 1 rings (SSSR count). The molecule has 0 saturated carbocycles. The van der Waals surface area contributed by atoms with E-state index in [9.17, 15) is 4.79 Å². The molecule has 0 radical (unpaired) electrons. The van der Waals surface area contributed by atoms with Crippen LogP contribution in [0.2, 0.25) is 0 Å². The molecule has 94 valence electrons. The Bertz CT molecular complexity index is 403. The second-order valence-electron chi connectivity index (χ2n) is 3.76.